The minimum atomic E-state index is -4.41. The molecule has 0 bridgehead atoms. The standard InChI is InChI=1S/C22H24F3N5O2/c1-14-12-30(19-6-3-16(11-26-19)22(23,24)25)9-8-29(14)13-21(32)27-17-4-5-18-15(10-17)2-7-20(31)28-18/h3-6,10-11,14H,2,7-9,12-13H2,1H3,(H,27,32)(H,28,31)/t14-/m1/s1. The van der Waals surface area contributed by atoms with Crippen LogP contribution >= 0.6 is 0 Å². The molecule has 0 unspecified atom stereocenters. The number of nitrogens with one attached hydrogen (secondary N) is 2. The molecule has 2 aliphatic heterocycles. The molecule has 1 fully saturated rings. The van der Waals surface area contributed by atoms with Crippen molar-refractivity contribution in [3.05, 3.63) is 47.7 Å². The largest absolute Gasteiger partial charge is 0.417 e. The van der Waals surface area contributed by atoms with Crippen LogP contribution in [0.5, 0.6) is 0 Å². The normalized spacial score (nSPS) is 19.3. The first-order valence-corrected chi connectivity index (χ1v) is 10.4. The SMILES string of the molecule is C[C@@H]1CN(c2ccc(C(F)(F)F)cn2)CCN1CC(=O)Nc1ccc2c(c1)CCC(=O)N2. The maximum absolute atomic E-state index is 12.7. The molecule has 10 heteroatoms. The van der Waals surface area contributed by atoms with E-state index in [1.54, 1.807) is 12.1 Å². The monoisotopic (exact) mass is 447 g/mol. The number of rotatable bonds is 4. The molecule has 0 saturated carbocycles. The van der Waals surface area contributed by atoms with Crippen LogP contribution in [-0.4, -0.2) is 53.9 Å². The van der Waals surface area contributed by atoms with E-state index in [-0.39, 0.29) is 24.4 Å². The van der Waals surface area contributed by atoms with Crippen LogP contribution in [0.4, 0.5) is 30.4 Å². The Kier molecular flexibility index (Phi) is 6.05. The summed E-state index contributed by atoms with van der Waals surface area (Å²) in [4.78, 5) is 32.0. The molecule has 4 rings (SSSR count). The highest BCUT2D eigenvalue weighted by molar-refractivity contribution is 5.96. The van der Waals surface area contributed by atoms with Gasteiger partial charge in [0.1, 0.15) is 5.82 Å². The van der Waals surface area contributed by atoms with E-state index in [1.165, 1.54) is 6.07 Å². The Labute approximate surface area is 183 Å². The highest BCUT2D eigenvalue weighted by atomic mass is 19.4. The summed E-state index contributed by atoms with van der Waals surface area (Å²) in [7, 11) is 0. The number of aromatic nitrogens is 1. The van der Waals surface area contributed by atoms with E-state index in [0.717, 1.165) is 23.5 Å². The summed E-state index contributed by atoms with van der Waals surface area (Å²) >= 11 is 0. The van der Waals surface area contributed by atoms with Crippen molar-refractivity contribution in [3.8, 4) is 0 Å². The van der Waals surface area contributed by atoms with Crippen molar-refractivity contribution >= 4 is 29.0 Å². The first-order chi connectivity index (χ1) is 15.2. The number of carbonyl (C=O) groups is 2. The van der Waals surface area contributed by atoms with Crippen LogP contribution in [-0.2, 0) is 22.2 Å². The van der Waals surface area contributed by atoms with Gasteiger partial charge >= 0.3 is 6.18 Å². The summed E-state index contributed by atoms with van der Waals surface area (Å²) < 4.78 is 38.2. The van der Waals surface area contributed by atoms with Crippen molar-refractivity contribution in [1.29, 1.82) is 0 Å². The van der Waals surface area contributed by atoms with Crippen molar-refractivity contribution < 1.29 is 22.8 Å². The second kappa shape index (κ2) is 8.78. The predicted molar refractivity (Wildman–Crippen MR) is 115 cm³/mol. The van der Waals surface area contributed by atoms with E-state index in [4.69, 9.17) is 0 Å². The van der Waals surface area contributed by atoms with E-state index >= 15 is 0 Å². The van der Waals surface area contributed by atoms with Gasteiger partial charge in [0.25, 0.3) is 0 Å². The smallest absolute Gasteiger partial charge is 0.354 e. The molecule has 3 heterocycles. The van der Waals surface area contributed by atoms with Crippen molar-refractivity contribution in [2.24, 2.45) is 0 Å². The summed E-state index contributed by atoms with van der Waals surface area (Å²) in [5.74, 6) is 0.349. The van der Waals surface area contributed by atoms with Crippen LogP contribution in [0.1, 0.15) is 24.5 Å². The van der Waals surface area contributed by atoms with Crippen molar-refractivity contribution in [3.63, 3.8) is 0 Å². The minimum Gasteiger partial charge on any atom is -0.354 e. The highest BCUT2D eigenvalue weighted by Gasteiger charge is 2.31. The lowest BCUT2D eigenvalue weighted by molar-refractivity contribution is -0.137. The quantitative estimate of drug-likeness (QED) is 0.753. The Bertz CT molecular complexity index is 1010. The van der Waals surface area contributed by atoms with Crippen LogP contribution in [0.25, 0.3) is 0 Å². The van der Waals surface area contributed by atoms with Crippen LogP contribution in [0.15, 0.2) is 36.5 Å². The van der Waals surface area contributed by atoms with E-state index in [9.17, 15) is 22.8 Å². The van der Waals surface area contributed by atoms with Crippen LogP contribution in [0.2, 0.25) is 0 Å². The number of pyridine rings is 1. The molecule has 7 nitrogen and oxygen atoms in total. The van der Waals surface area contributed by atoms with Gasteiger partial charge in [0.15, 0.2) is 0 Å². The molecule has 2 aromatic rings. The van der Waals surface area contributed by atoms with Gasteiger partial charge in [0.05, 0.1) is 12.1 Å². The van der Waals surface area contributed by atoms with Gasteiger partial charge in [0, 0.05) is 49.7 Å². The van der Waals surface area contributed by atoms with Gasteiger partial charge in [-0.15, -0.1) is 0 Å². The number of hydrogen-bond donors (Lipinski definition) is 2. The van der Waals surface area contributed by atoms with Gasteiger partial charge in [-0.3, -0.25) is 14.5 Å². The zero-order valence-electron chi connectivity index (χ0n) is 17.6. The third-order valence-electron chi connectivity index (χ3n) is 5.80. The van der Waals surface area contributed by atoms with E-state index < -0.39 is 11.7 Å². The average molecular weight is 447 g/mol. The fourth-order valence-corrected chi connectivity index (χ4v) is 4.03. The number of halogens is 3. The van der Waals surface area contributed by atoms with Crippen LogP contribution in [0, 0.1) is 0 Å². The number of fused-ring (bicyclic) bond motifs is 1. The van der Waals surface area contributed by atoms with Crippen LogP contribution in [0.3, 0.4) is 0 Å². The molecule has 0 aliphatic carbocycles. The molecule has 2 aliphatic rings. The Morgan fingerprint density at radius 2 is 2.03 bits per heavy atom. The zero-order chi connectivity index (χ0) is 22.9. The Balaban J connectivity index is 1.31. The molecular weight excluding hydrogens is 423 g/mol. The van der Waals surface area contributed by atoms with Gasteiger partial charge in [0.2, 0.25) is 11.8 Å². The second-order valence-corrected chi connectivity index (χ2v) is 8.14. The molecule has 32 heavy (non-hydrogen) atoms. The molecule has 0 spiro atoms. The van der Waals surface area contributed by atoms with Gasteiger partial charge in [-0.2, -0.15) is 13.2 Å². The molecular formula is C22H24F3N5O2. The number of piperazine rings is 1. The summed E-state index contributed by atoms with van der Waals surface area (Å²) in [5.41, 5.74) is 1.69. The summed E-state index contributed by atoms with van der Waals surface area (Å²) in [6.07, 6.45) is -2.48. The maximum atomic E-state index is 12.7. The topological polar surface area (TPSA) is 77.6 Å². The van der Waals surface area contributed by atoms with Gasteiger partial charge in [-0.1, -0.05) is 0 Å². The fraction of sp³-hybridized carbons (Fsp3) is 0.409. The van der Waals surface area contributed by atoms with Crippen molar-refractivity contribution in [1.82, 2.24) is 9.88 Å². The maximum Gasteiger partial charge on any atom is 0.417 e. The van der Waals surface area contributed by atoms with E-state index in [0.29, 0.717) is 44.0 Å². The van der Waals surface area contributed by atoms with Crippen molar-refractivity contribution in [2.75, 3.05) is 41.7 Å². The predicted octanol–water partition coefficient (Wildman–Crippen LogP) is 3.13. The van der Waals surface area contributed by atoms with E-state index in [2.05, 4.69) is 15.6 Å². The molecule has 1 aromatic carbocycles. The lowest BCUT2D eigenvalue weighted by Gasteiger charge is -2.40. The number of anilines is 3. The third-order valence-corrected chi connectivity index (χ3v) is 5.80. The number of benzene rings is 1. The average Bonchev–Trinajstić information content (AvgIpc) is 2.75. The second-order valence-electron chi connectivity index (χ2n) is 8.14. The molecule has 170 valence electrons. The highest BCUT2D eigenvalue weighted by Crippen LogP contribution is 2.30. The van der Waals surface area contributed by atoms with Gasteiger partial charge in [-0.25, -0.2) is 4.98 Å². The fourth-order valence-electron chi connectivity index (χ4n) is 4.03. The first kappa shape index (κ1) is 22.1. The van der Waals surface area contributed by atoms with Gasteiger partial charge < -0.3 is 15.5 Å². The minimum absolute atomic E-state index is 0.00564. The number of alkyl halides is 3. The Hall–Kier alpha value is -3.14. The summed E-state index contributed by atoms with van der Waals surface area (Å²) in [5, 5.41) is 5.72. The van der Waals surface area contributed by atoms with Gasteiger partial charge in [-0.05, 0) is 49.2 Å². The molecule has 1 saturated heterocycles. The van der Waals surface area contributed by atoms with E-state index in [1.807, 2.05) is 22.8 Å². The van der Waals surface area contributed by atoms with Crippen LogP contribution < -0.4 is 15.5 Å². The number of aryl methyl sites for hydroxylation is 1. The number of amides is 2. The van der Waals surface area contributed by atoms with Crippen molar-refractivity contribution in [2.45, 2.75) is 32.0 Å². The number of carbonyl (C=O) groups excluding carboxylic acids is 2. The number of nitrogens with zero attached hydrogens (tertiary/aromatic N) is 3. The number of hydrogen-bond acceptors (Lipinski definition) is 5. The Morgan fingerprint density at radius 3 is 2.72 bits per heavy atom. The molecule has 1 aromatic heterocycles. The lowest BCUT2D eigenvalue weighted by atomic mass is 10.0. The lowest BCUT2D eigenvalue weighted by Crippen LogP contribution is -2.54. The molecule has 2 amide bonds. The summed E-state index contributed by atoms with van der Waals surface area (Å²) in [6.45, 7) is 3.90. The molecule has 2 N–H and O–H groups in total. The Morgan fingerprint density at radius 1 is 1.22 bits per heavy atom. The zero-order valence-corrected chi connectivity index (χ0v) is 17.6. The summed E-state index contributed by atoms with van der Waals surface area (Å²) in [6, 6.07) is 7.88. The first-order valence-electron chi connectivity index (χ1n) is 10.4. The third kappa shape index (κ3) is 5.01. The molecule has 0 radical (unpaired) electrons. The molecule has 1 atom stereocenters.